The van der Waals surface area contributed by atoms with E-state index in [1.165, 1.54) is 0 Å². The maximum absolute atomic E-state index is 13.8. The Labute approximate surface area is 189 Å². The summed E-state index contributed by atoms with van der Waals surface area (Å²) in [7, 11) is 1.95. The van der Waals surface area contributed by atoms with Crippen LogP contribution in [0.2, 0.25) is 0 Å². The Kier molecular flexibility index (Phi) is 5.55. The second kappa shape index (κ2) is 7.90. The van der Waals surface area contributed by atoms with Crippen molar-refractivity contribution >= 4 is 11.8 Å². The summed E-state index contributed by atoms with van der Waals surface area (Å²) in [6.07, 6.45) is 7.07. The van der Waals surface area contributed by atoms with E-state index in [4.69, 9.17) is 5.73 Å². The van der Waals surface area contributed by atoms with Crippen molar-refractivity contribution in [3.63, 3.8) is 0 Å². The number of halogens is 2. The average Bonchev–Trinajstić information content (AvgIpc) is 3.06. The van der Waals surface area contributed by atoms with Gasteiger partial charge in [0.05, 0.1) is 6.04 Å². The lowest BCUT2D eigenvalue weighted by Crippen LogP contribution is -2.58. The van der Waals surface area contributed by atoms with Crippen LogP contribution in [0.1, 0.15) is 77.6 Å². The van der Waals surface area contributed by atoms with Crippen molar-refractivity contribution in [1.29, 1.82) is 0 Å². The Morgan fingerprint density at radius 1 is 1.06 bits per heavy atom. The second-order valence-electron chi connectivity index (χ2n) is 11.5. The van der Waals surface area contributed by atoms with Crippen molar-refractivity contribution in [2.75, 3.05) is 13.6 Å². The zero-order valence-electron chi connectivity index (χ0n) is 19.4. The third kappa shape index (κ3) is 3.85. The maximum atomic E-state index is 13.8. The van der Waals surface area contributed by atoms with Gasteiger partial charge in [0.2, 0.25) is 17.7 Å². The molecule has 32 heavy (non-hydrogen) atoms. The summed E-state index contributed by atoms with van der Waals surface area (Å²) in [5, 5.41) is 0. The van der Waals surface area contributed by atoms with Gasteiger partial charge in [-0.1, -0.05) is 6.92 Å². The zero-order chi connectivity index (χ0) is 22.8. The van der Waals surface area contributed by atoms with Crippen molar-refractivity contribution in [1.82, 2.24) is 14.7 Å². The van der Waals surface area contributed by atoms with Gasteiger partial charge in [0, 0.05) is 43.1 Å². The van der Waals surface area contributed by atoms with E-state index < -0.39 is 18.0 Å². The number of likely N-dealkylation sites (tertiary alicyclic amines) is 1. The molecule has 6 atom stereocenters. The molecule has 0 aromatic carbocycles. The molecule has 0 aromatic rings. The van der Waals surface area contributed by atoms with E-state index in [9.17, 15) is 18.4 Å². The number of carbonyl (C=O) groups excluding carboxylic acids is 2. The largest absolute Gasteiger partial charge is 0.335 e. The van der Waals surface area contributed by atoms with E-state index in [-0.39, 0.29) is 48.3 Å². The molecule has 5 aliphatic rings. The first-order valence-electron chi connectivity index (χ1n) is 12.6. The number of alkyl halides is 2. The summed E-state index contributed by atoms with van der Waals surface area (Å²) < 4.78 is 27.7. The highest BCUT2D eigenvalue weighted by Crippen LogP contribution is 2.52. The lowest BCUT2D eigenvalue weighted by Gasteiger charge is -2.41. The molecule has 5 rings (SSSR count). The van der Waals surface area contributed by atoms with E-state index in [2.05, 4.69) is 16.7 Å². The van der Waals surface area contributed by atoms with Crippen LogP contribution in [0.25, 0.3) is 0 Å². The highest BCUT2D eigenvalue weighted by atomic mass is 19.3. The van der Waals surface area contributed by atoms with Gasteiger partial charge in [0.25, 0.3) is 0 Å². The van der Waals surface area contributed by atoms with Gasteiger partial charge < -0.3 is 20.4 Å². The van der Waals surface area contributed by atoms with Crippen LogP contribution in [0.3, 0.4) is 0 Å². The van der Waals surface area contributed by atoms with Crippen LogP contribution in [-0.4, -0.2) is 81.8 Å². The number of nitrogens with two attached hydrogens (primary N) is 1. The zero-order valence-corrected chi connectivity index (χ0v) is 19.4. The fourth-order valence-corrected chi connectivity index (χ4v) is 7.20. The van der Waals surface area contributed by atoms with Crippen LogP contribution < -0.4 is 5.73 Å². The molecule has 0 bridgehead atoms. The molecule has 2 aliphatic carbocycles. The van der Waals surface area contributed by atoms with Gasteiger partial charge in [0.15, 0.2) is 0 Å². The Morgan fingerprint density at radius 2 is 1.81 bits per heavy atom. The first kappa shape index (κ1) is 22.5. The first-order valence-corrected chi connectivity index (χ1v) is 12.6. The van der Waals surface area contributed by atoms with Crippen LogP contribution in [0, 0.1) is 5.92 Å². The molecule has 2 saturated carbocycles. The van der Waals surface area contributed by atoms with Crippen molar-refractivity contribution < 1.29 is 18.4 Å². The average molecular weight is 453 g/mol. The van der Waals surface area contributed by atoms with E-state index in [1.807, 2.05) is 11.9 Å². The summed E-state index contributed by atoms with van der Waals surface area (Å²) in [5.41, 5.74) is 6.35. The van der Waals surface area contributed by atoms with E-state index in [1.54, 1.807) is 0 Å². The molecule has 3 saturated heterocycles. The molecule has 1 spiro atoms. The Balaban J connectivity index is 1.33. The van der Waals surface area contributed by atoms with Crippen molar-refractivity contribution in [2.24, 2.45) is 11.7 Å². The second-order valence-corrected chi connectivity index (χ2v) is 11.5. The van der Waals surface area contributed by atoms with Gasteiger partial charge in [-0.15, -0.1) is 0 Å². The quantitative estimate of drug-likeness (QED) is 0.715. The highest BCUT2D eigenvalue weighted by Gasteiger charge is 2.57. The van der Waals surface area contributed by atoms with E-state index >= 15 is 0 Å². The van der Waals surface area contributed by atoms with Crippen LogP contribution in [0.5, 0.6) is 0 Å². The number of amides is 2. The minimum absolute atomic E-state index is 0.0349. The van der Waals surface area contributed by atoms with E-state index in [0.717, 1.165) is 45.1 Å². The maximum Gasteiger partial charge on any atom is 0.249 e. The lowest BCUT2D eigenvalue weighted by atomic mass is 9.93. The number of fused-ring (bicyclic) bond motifs is 1. The first-order chi connectivity index (χ1) is 15.1. The third-order valence-electron chi connectivity index (χ3n) is 9.13. The molecule has 3 aliphatic heterocycles. The smallest absolute Gasteiger partial charge is 0.249 e. The van der Waals surface area contributed by atoms with Crippen LogP contribution in [0.15, 0.2) is 0 Å². The molecule has 2 amide bonds. The molecule has 5 fully saturated rings. The number of nitrogens with zero attached hydrogens (tertiary/aromatic N) is 3. The molecule has 3 heterocycles. The molecule has 2 N–H and O–H groups in total. The SMILES string of the molecule is C[C@H]1CN(C(=O)[C@@H]2CC[C@@H]3C[C@@H](N(C)[C@H]4CCC(F)(F)C4)CC[C@H](N)C(=O)N32)C2(CC2)C1. The topological polar surface area (TPSA) is 69.9 Å². The minimum atomic E-state index is -2.57. The Bertz CT molecular complexity index is 773. The van der Waals surface area contributed by atoms with E-state index in [0.29, 0.717) is 25.2 Å². The number of carbonyl (C=O) groups is 2. The molecule has 0 aromatic heterocycles. The van der Waals surface area contributed by atoms with Gasteiger partial charge in [-0.05, 0) is 70.8 Å². The van der Waals surface area contributed by atoms with Gasteiger partial charge in [-0.3, -0.25) is 9.59 Å². The fourth-order valence-electron chi connectivity index (χ4n) is 7.20. The van der Waals surface area contributed by atoms with Gasteiger partial charge in [0.1, 0.15) is 6.04 Å². The Morgan fingerprint density at radius 3 is 2.47 bits per heavy atom. The molecular weight excluding hydrogens is 414 g/mol. The molecular formula is C24H38F2N4O2. The van der Waals surface area contributed by atoms with Crippen LogP contribution in [0.4, 0.5) is 8.78 Å². The highest BCUT2D eigenvalue weighted by molar-refractivity contribution is 5.91. The minimum Gasteiger partial charge on any atom is -0.335 e. The predicted molar refractivity (Wildman–Crippen MR) is 117 cm³/mol. The summed E-state index contributed by atoms with van der Waals surface area (Å²) in [6.45, 7) is 2.99. The number of rotatable bonds is 3. The molecule has 0 unspecified atom stereocenters. The predicted octanol–water partition coefficient (Wildman–Crippen LogP) is 2.75. The van der Waals surface area contributed by atoms with Gasteiger partial charge in [-0.25, -0.2) is 8.78 Å². The molecule has 8 heteroatoms. The van der Waals surface area contributed by atoms with Crippen molar-refractivity contribution in [2.45, 2.75) is 119 Å². The van der Waals surface area contributed by atoms with Crippen LogP contribution >= 0.6 is 0 Å². The molecule has 180 valence electrons. The standard InChI is InChI=1S/C24H38F2N4O2/c1-15-12-23(9-10-23)29(14-15)22(32)20-6-4-17-11-16(3-5-19(27)21(31)30(17)20)28(2)18-7-8-24(25,26)13-18/h15-20H,3-14,27H2,1-2H3/t15-,16+,17-,18+,19+,20+/m1/s1. The summed E-state index contributed by atoms with van der Waals surface area (Å²) in [4.78, 5) is 32.9. The Hall–Kier alpha value is -1.28. The van der Waals surface area contributed by atoms with Crippen LogP contribution in [-0.2, 0) is 9.59 Å². The number of hydrogen-bond donors (Lipinski definition) is 1. The third-order valence-corrected chi connectivity index (χ3v) is 9.13. The van der Waals surface area contributed by atoms with Crippen molar-refractivity contribution in [3.05, 3.63) is 0 Å². The lowest BCUT2D eigenvalue weighted by molar-refractivity contribution is -0.148. The number of hydrogen-bond acceptors (Lipinski definition) is 4. The molecule has 6 nitrogen and oxygen atoms in total. The van der Waals surface area contributed by atoms with Gasteiger partial charge >= 0.3 is 0 Å². The monoisotopic (exact) mass is 452 g/mol. The summed E-state index contributed by atoms with van der Waals surface area (Å²) in [6, 6.07) is -1.10. The van der Waals surface area contributed by atoms with Crippen molar-refractivity contribution in [3.8, 4) is 0 Å². The normalized spacial score (nSPS) is 40.6. The van der Waals surface area contributed by atoms with Gasteiger partial charge in [-0.2, -0.15) is 0 Å². The summed E-state index contributed by atoms with van der Waals surface area (Å²) >= 11 is 0. The molecule has 0 radical (unpaired) electrons. The summed E-state index contributed by atoms with van der Waals surface area (Å²) in [5.74, 6) is -2.06. The fraction of sp³-hybridized carbons (Fsp3) is 0.917.